The third-order valence-electron chi connectivity index (χ3n) is 3.49. The Hall–Kier alpha value is -2.07. The topological polar surface area (TPSA) is 42.1 Å². The predicted molar refractivity (Wildman–Crippen MR) is 87.2 cm³/mol. The molecule has 0 bridgehead atoms. The molecule has 2 aromatic carbocycles. The Balaban J connectivity index is 2.17. The number of carbonyl (C=O) groups is 1. The van der Waals surface area contributed by atoms with Crippen LogP contribution in [0.2, 0.25) is 0 Å². The van der Waals surface area contributed by atoms with Crippen molar-refractivity contribution < 1.29 is 9.53 Å². The van der Waals surface area contributed by atoms with Gasteiger partial charge in [-0.3, -0.25) is 4.79 Å². The number of nitrogens with one attached hydrogen (secondary N) is 1. The minimum Gasteiger partial charge on any atom is -0.496 e. The van der Waals surface area contributed by atoms with Crippen molar-refractivity contribution in [1.82, 2.24) is 4.98 Å². The number of carbonyl (C=O) groups excluding carboxylic acids is 1. The van der Waals surface area contributed by atoms with Gasteiger partial charge in [-0.2, -0.15) is 0 Å². The fourth-order valence-electron chi connectivity index (χ4n) is 2.43. The first-order valence-electron chi connectivity index (χ1n) is 6.56. The molecule has 106 valence electrons. The van der Waals surface area contributed by atoms with Crippen LogP contribution in [0.15, 0.2) is 47.1 Å². The van der Waals surface area contributed by atoms with Crippen LogP contribution in [-0.2, 0) is 0 Å². The summed E-state index contributed by atoms with van der Waals surface area (Å²) in [6.07, 6.45) is 1.75. The van der Waals surface area contributed by atoms with Crippen molar-refractivity contribution in [2.24, 2.45) is 0 Å². The number of aromatic amines is 1. The summed E-state index contributed by atoms with van der Waals surface area (Å²) in [5, 5.41) is 0.901. The molecule has 0 radical (unpaired) electrons. The summed E-state index contributed by atoms with van der Waals surface area (Å²) in [7, 11) is 1.58. The highest BCUT2D eigenvalue weighted by Crippen LogP contribution is 2.28. The molecule has 3 nitrogen and oxygen atoms in total. The number of H-pyrrole nitrogens is 1. The first-order valence-corrected chi connectivity index (χ1v) is 7.35. The molecule has 0 aliphatic heterocycles. The maximum Gasteiger partial charge on any atom is 0.198 e. The van der Waals surface area contributed by atoms with Crippen molar-refractivity contribution in [2.75, 3.05) is 7.11 Å². The lowest BCUT2D eigenvalue weighted by Crippen LogP contribution is -2.04. The molecule has 1 aromatic heterocycles. The van der Waals surface area contributed by atoms with Gasteiger partial charge in [-0.1, -0.05) is 27.6 Å². The van der Waals surface area contributed by atoms with Crippen LogP contribution >= 0.6 is 15.9 Å². The highest BCUT2D eigenvalue weighted by Gasteiger charge is 2.18. The molecule has 0 unspecified atom stereocenters. The largest absolute Gasteiger partial charge is 0.496 e. The van der Waals surface area contributed by atoms with Crippen LogP contribution in [0, 0.1) is 6.92 Å². The molecule has 3 aromatic rings. The normalized spacial score (nSPS) is 10.8. The summed E-state index contributed by atoms with van der Waals surface area (Å²) >= 11 is 3.45. The second-order valence-electron chi connectivity index (χ2n) is 4.93. The smallest absolute Gasteiger partial charge is 0.198 e. The average molecular weight is 344 g/mol. The molecule has 1 heterocycles. The zero-order chi connectivity index (χ0) is 15.0. The number of ketones is 1. The van der Waals surface area contributed by atoms with E-state index in [4.69, 9.17) is 4.74 Å². The summed E-state index contributed by atoms with van der Waals surface area (Å²) in [4.78, 5) is 16.0. The number of aromatic nitrogens is 1. The molecule has 1 N–H and O–H groups in total. The molecule has 21 heavy (non-hydrogen) atoms. The SMILES string of the molecule is COc1ccc(C)cc1C(=O)c1c[nH]c2ccc(Br)cc12. The van der Waals surface area contributed by atoms with Crippen LogP contribution in [-0.4, -0.2) is 17.9 Å². The third-order valence-corrected chi connectivity index (χ3v) is 3.98. The molecule has 4 heteroatoms. The molecule has 0 aliphatic carbocycles. The van der Waals surface area contributed by atoms with Crippen LogP contribution in [0.3, 0.4) is 0 Å². The number of hydrogen-bond acceptors (Lipinski definition) is 2. The standard InChI is InChI=1S/C17H14BrNO2/c1-10-3-6-16(21-2)13(7-10)17(20)14-9-19-15-5-4-11(18)8-12(14)15/h3-9,19H,1-2H3. The monoisotopic (exact) mass is 343 g/mol. The van der Waals surface area contributed by atoms with Gasteiger partial charge in [-0.05, 0) is 37.3 Å². The predicted octanol–water partition coefficient (Wildman–Crippen LogP) is 4.48. The maximum absolute atomic E-state index is 12.8. The number of benzene rings is 2. The van der Waals surface area contributed by atoms with Gasteiger partial charge in [0.1, 0.15) is 5.75 Å². The highest BCUT2D eigenvalue weighted by molar-refractivity contribution is 9.10. The third kappa shape index (κ3) is 2.47. The summed E-state index contributed by atoms with van der Waals surface area (Å²) in [5.41, 5.74) is 3.20. The van der Waals surface area contributed by atoms with Crippen LogP contribution in [0.25, 0.3) is 10.9 Å². The average Bonchev–Trinajstić information content (AvgIpc) is 2.89. The second-order valence-corrected chi connectivity index (χ2v) is 5.84. The van der Waals surface area contributed by atoms with Crippen LogP contribution in [0.1, 0.15) is 21.5 Å². The van der Waals surface area contributed by atoms with E-state index >= 15 is 0 Å². The van der Waals surface area contributed by atoms with Crippen LogP contribution in [0.4, 0.5) is 0 Å². The number of halogens is 1. The fourth-order valence-corrected chi connectivity index (χ4v) is 2.79. The van der Waals surface area contributed by atoms with Gasteiger partial charge in [0.15, 0.2) is 5.78 Å². The van der Waals surface area contributed by atoms with E-state index in [1.165, 1.54) is 0 Å². The molecule has 0 saturated heterocycles. The zero-order valence-electron chi connectivity index (χ0n) is 11.7. The number of aryl methyl sites for hydroxylation is 1. The molecular weight excluding hydrogens is 330 g/mol. The second kappa shape index (κ2) is 5.37. The Labute approximate surface area is 131 Å². The minimum atomic E-state index is -0.0418. The number of hydrogen-bond donors (Lipinski definition) is 1. The van der Waals surface area contributed by atoms with Gasteiger partial charge in [0.25, 0.3) is 0 Å². The zero-order valence-corrected chi connectivity index (χ0v) is 13.3. The van der Waals surface area contributed by atoms with E-state index in [9.17, 15) is 4.79 Å². The Morgan fingerprint density at radius 3 is 2.71 bits per heavy atom. The number of ether oxygens (including phenoxy) is 1. The first kappa shape index (κ1) is 13.9. The molecular formula is C17H14BrNO2. The fraction of sp³-hybridized carbons (Fsp3) is 0.118. The molecule has 0 amide bonds. The first-order chi connectivity index (χ1) is 10.1. The molecule has 0 spiro atoms. The van der Waals surface area contributed by atoms with Gasteiger partial charge in [-0.15, -0.1) is 0 Å². The molecule has 3 rings (SSSR count). The quantitative estimate of drug-likeness (QED) is 0.712. The highest BCUT2D eigenvalue weighted by atomic mass is 79.9. The number of fused-ring (bicyclic) bond motifs is 1. The van der Waals surface area contributed by atoms with E-state index < -0.39 is 0 Å². The van der Waals surface area contributed by atoms with Gasteiger partial charge in [0.2, 0.25) is 0 Å². The van der Waals surface area contributed by atoms with Gasteiger partial charge in [0, 0.05) is 27.1 Å². The van der Waals surface area contributed by atoms with E-state index in [1.807, 2.05) is 43.3 Å². The van der Waals surface area contributed by atoms with E-state index in [2.05, 4.69) is 20.9 Å². The van der Waals surface area contributed by atoms with Crippen molar-refractivity contribution in [3.8, 4) is 5.75 Å². The van der Waals surface area contributed by atoms with Crippen LogP contribution in [0.5, 0.6) is 5.75 Å². The Morgan fingerprint density at radius 1 is 1.14 bits per heavy atom. The Bertz CT molecular complexity index is 836. The van der Waals surface area contributed by atoms with Gasteiger partial charge in [0.05, 0.1) is 12.7 Å². The van der Waals surface area contributed by atoms with Crippen LogP contribution < -0.4 is 4.74 Å². The van der Waals surface area contributed by atoms with Crippen molar-refractivity contribution in [2.45, 2.75) is 6.92 Å². The molecule has 0 aliphatic rings. The number of methoxy groups -OCH3 is 1. The number of rotatable bonds is 3. The van der Waals surface area contributed by atoms with E-state index in [1.54, 1.807) is 13.3 Å². The lowest BCUT2D eigenvalue weighted by Gasteiger charge is -2.08. The van der Waals surface area contributed by atoms with E-state index in [0.29, 0.717) is 16.9 Å². The van der Waals surface area contributed by atoms with Crippen molar-refractivity contribution in [3.63, 3.8) is 0 Å². The lowest BCUT2D eigenvalue weighted by atomic mass is 10.00. The maximum atomic E-state index is 12.8. The summed E-state index contributed by atoms with van der Waals surface area (Å²) < 4.78 is 6.26. The van der Waals surface area contributed by atoms with Gasteiger partial charge >= 0.3 is 0 Å². The lowest BCUT2D eigenvalue weighted by molar-refractivity contribution is 0.103. The van der Waals surface area contributed by atoms with Crippen molar-refractivity contribution >= 4 is 32.6 Å². The molecule has 0 atom stereocenters. The molecule has 0 saturated carbocycles. The summed E-state index contributed by atoms with van der Waals surface area (Å²) in [6.45, 7) is 1.96. The summed E-state index contributed by atoms with van der Waals surface area (Å²) in [6, 6.07) is 11.5. The minimum absolute atomic E-state index is 0.0418. The molecule has 0 fully saturated rings. The summed E-state index contributed by atoms with van der Waals surface area (Å²) in [5.74, 6) is 0.551. The van der Waals surface area contributed by atoms with Crippen molar-refractivity contribution in [1.29, 1.82) is 0 Å². The van der Waals surface area contributed by atoms with Gasteiger partial charge in [-0.25, -0.2) is 0 Å². The van der Waals surface area contributed by atoms with E-state index in [-0.39, 0.29) is 5.78 Å². The van der Waals surface area contributed by atoms with E-state index in [0.717, 1.165) is 20.9 Å². The Morgan fingerprint density at radius 2 is 1.95 bits per heavy atom. The Kier molecular flexibility index (Phi) is 3.55. The van der Waals surface area contributed by atoms with Gasteiger partial charge < -0.3 is 9.72 Å². The van der Waals surface area contributed by atoms with Crippen molar-refractivity contribution in [3.05, 3.63) is 63.8 Å².